The number of pyridine rings is 1. The third-order valence-corrected chi connectivity index (χ3v) is 2.64. The average Bonchev–Trinajstić information content (AvgIpc) is 2.27. The van der Waals surface area contributed by atoms with Crippen LogP contribution in [0, 0.1) is 6.92 Å². The molecule has 0 atom stereocenters. The van der Waals surface area contributed by atoms with Gasteiger partial charge in [-0.25, -0.2) is 4.98 Å². The first-order chi connectivity index (χ1) is 7.65. The van der Waals surface area contributed by atoms with Gasteiger partial charge >= 0.3 is 0 Å². The van der Waals surface area contributed by atoms with Crippen molar-refractivity contribution in [3.8, 4) is 0 Å². The molecule has 3 N–H and O–H groups in total. The molecule has 0 bridgehead atoms. The van der Waals surface area contributed by atoms with Crippen molar-refractivity contribution in [3.05, 3.63) is 47.1 Å². The molecule has 1 heterocycles. The topological polar surface area (TPSA) is 50.9 Å². The van der Waals surface area contributed by atoms with Crippen LogP contribution in [0.2, 0.25) is 5.02 Å². The number of hydrogen-bond donors (Lipinski definition) is 2. The van der Waals surface area contributed by atoms with Crippen LogP contribution in [0.4, 0.5) is 17.2 Å². The molecular formula is C12H12ClN3. The van der Waals surface area contributed by atoms with Crippen LogP contribution in [0.5, 0.6) is 0 Å². The Kier molecular flexibility index (Phi) is 2.97. The number of anilines is 3. The van der Waals surface area contributed by atoms with Crippen molar-refractivity contribution in [1.82, 2.24) is 4.98 Å². The molecule has 0 amide bonds. The minimum Gasteiger partial charge on any atom is -0.397 e. The van der Waals surface area contributed by atoms with Crippen LogP contribution in [-0.2, 0) is 0 Å². The number of hydrogen-bond acceptors (Lipinski definition) is 3. The highest BCUT2D eigenvalue weighted by Crippen LogP contribution is 2.22. The highest BCUT2D eigenvalue weighted by molar-refractivity contribution is 6.31. The molecule has 0 unspecified atom stereocenters. The highest BCUT2D eigenvalue weighted by Gasteiger charge is 1.99. The van der Waals surface area contributed by atoms with E-state index in [0.29, 0.717) is 5.69 Å². The maximum Gasteiger partial charge on any atom is 0.130 e. The fourth-order valence-electron chi connectivity index (χ4n) is 1.30. The highest BCUT2D eigenvalue weighted by atomic mass is 35.5. The van der Waals surface area contributed by atoms with Gasteiger partial charge in [-0.15, -0.1) is 0 Å². The third kappa shape index (κ3) is 2.44. The molecule has 0 fully saturated rings. The van der Waals surface area contributed by atoms with E-state index < -0.39 is 0 Å². The zero-order valence-electron chi connectivity index (χ0n) is 8.87. The van der Waals surface area contributed by atoms with Crippen molar-refractivity contribution in [2.75, 3.05) is 11.1 Å². The number of rotatable bonds is 2. The van der Waals surface area contributed by atoms with Crippen molar-refractivity contribution < 1.29 is 0 Å². The fraction of sp³-hybridized carbons (Fsp3) is 0.0833. The van der Waals surface area contributed by atoms with Gasteiger partial charge in [0.1, 0.15) is 5.82 Å². The number of benzene rings is 1. The van der Waals surface area contributed by atoms with Crippen molar-refractivity contribution in [1.29, 1.82) is 0 Å². The summed E-state index contributed by atoms with van der Waals surface area (Å²) < 4.78 is 0. The molecule has 0 saturated heterocycles. The van der Waals surface area contributed by atoms with Crippen LogP contribution in [0.3, 0.4) is 0 Å². The summed E-state index contributed by atoms with van der Waals surface area (Å²) in [6.07, 6.45) is 1.61. The summed E-state index contributed by atoms with van der Waals surface area (Å²) in [7, 11) is 0. The van der Waals surface area contributed by atoms with Crippen molar-refractivity contribution in [3.63, 3.8) is 0 Å². The summed E-state index contributed by atoms with van der Waals surface area (Å²) in [6, 6.07) is 9.41. The molecule has 0 saturated carbocycles. The molecule has 4 heteroatoms. The second-order valence-corrected chi connectivity index (χ2v) is 3.97. The lowest BCUT2D eigenvalue weighted by Gasteiger charge is -2.07. The van der Waals surface area contributed by atoms with Gasteiger partial charge in [0.15, 0.2) is 0 Å². The molecule has 1 aromatic carbocycles. The van der Waals surface area contributed by atoms with Gasteiger partial charge in [0.25, 0.3) is 0 Å². The molecule has 0 aliphatic heterocycles. The second kappa shape index (κ2) is 4.41. The first-order valence-electron chi connectivity index (χ1n) is 4.90. The number of aromatic nitrogens is 1. The van der Waals surface area contributed by atoms with Crippen molar-refractivity contribution in [2.45, 2.75) is 6.92 Å². The second-order valence-electron chi connectivity index (χ2n) is 3.57. The van der Waals surface area contributed by atoms with Crippen LogP contribution >= 0.6 is 11.6 Å². The lowest BCUT2D eigenvalue weighted by Crippen LogP contribution is -1.94. The smallest absolute Gasteiger partial charge is 0.130 e. The Hall–Kier alpha value is -1.74. The quantitative estimate of drug-likeness (QED) is 0.836. The molecule has 1 aromatic heterocycles. The molecule has 2 aromatic rings. The van der Waals surface area contributed by atoms with Gasteiger partial charge in [0.05, 0.1) is 11.9 Å². The maximum atomic E-state index is 6.02. The van der Waals surface area contributed by atoms with Gasteiger partial charge in [-0.2, -0.15) is 0 Å². The molecule has 3 nitrogen and oxygen atoms in total. The summed E-state index contributed by atoms with van der Waals surface area (Å²) in [4.78, 5) is 4.15. The van der Waals surface area contributed by atoms with Crippen LogP contribution < -0.4 is 11.1 Å². The van der Waals surface area contributed by atoms with Gasteiger partial charge in [0, 0.05) is 10.7 Å². The first-order valence-corrected chi connectivity index (χ1v) is 5.27. The summed E-state index contributed by atoms with van der Waals surface area (Å²) in [5.74, 6) is 0.745. The van der Waals surface area contributed by atoms with Gasteiger partial charge in [-0.3, -0.25) is 0 Å². The van der Waals surface area contributed by atoms with Gasteiger partial charge in [-0.05, 0) is 36.8 Å². The standard InChI is InChI=1S/C12H12ClN3/c1-8-2-4-10(6-11(8)13)16-12-5-3-9(14)7-15-12/h2-7H,14H2,1H3,(H,15,16). The number of nitrogens with one attached hydrogen (secondary N) is 1. The number of halogens is 1. The predicted octanol–water partition coefficient (Wildman–Crippen LogP) is 3.37. The van der Waals surface area contributed by atoms with E-state index in [2.05, 4.69) is 10.3 Å². The zero-order valence-corrected chi connectivity index (χ0v) is 9.62. The lowest BCUT2D eigenvalue weighted by molar-refractivity contribution is 1.31. The SMILES string of the molecule is Cc1ccc(Nc2ccc(N)cn2)cc1Cl. The number of nitrogen functional groups attached to an aromatic ring is 1. The van der Waals surface area contributed by atoms with E-state index in [-0.39, 0.29) is 0 Å². The fourth-order valence-corrected chi connectivity index (χ4v) is 1.48. The monoisotopic (exact) mass is 233 g/mol. The molecule has 16 heavy (non-hydrogen) atoms. The van der Waals surface area contributed by atoms with Crippen molar-refractivity contribution in [2.24, 2.45) is 0 Å². The van der Waals surface area contributed by atoms with Crippen LogP contribution in [0.1, 0.15) is 5.56 Å². The maximum absolute atomic E-state index is 6.02. The molecule has 2 rings (SSSR count). The van der Waals surface area contributed by atoms with E-state index in [4.69, 9.17) is 17.3 Å². The predicted molar refractivity (Wildman–Crippen MR) is 68.1 cm³/mol. The average molecular weight is 234 g/mol. The van der Waals surface area contributed by atoms with Gasteiger partial charge < -0.3 is 11.1 Å². The third-order valence-electron chi connectivity index (χ3n) is 2.23. The van der Waals surface area contributed by atoms with Gasteiger partial charge in [-0.1, -0.05) is 17.7 Å². The summed E-state index contributed by atoms with van der Waals surface area (Å²) in [5.41, 5.74) is 8.16. The Bertz CT molecular complexity index is 494. The number of nitrogens with two attached hydrogens (primary N) is 1. The number of aryl methyl sites for hydroxylation is 1. The van der Waals surface area contributed by atoms with E-state index in [0.717, 1.165) is 22.1 Å². The van der Waals surface area contributed by atoms with Gasteiger partial charge in [0.2, 0.25) is 0 Å². The van der Waals surface area contributed by atoms with Crippen molar-refractivity contribution >= 4 is 28.8 Å². The Morgan fingerprint density at radius 1 is 1.25 bits per heavy atom. The van der Waals surface area contributed by atoms with E-state index in [1.165, 1.54) is 0 Å². The van der Waals surface area contributed by atoms with Crippen LogP contribution in [0.15, 0.2) is 36.5 Å². The number of nitrogens with zero attached hydrogens (tertiary/aromatic N) is 1. The van der Waals surface area contributed by atoms with E-state index >= 15 is 0 Å². The molecule has 0 aliphatic rings. The Labute approximate surface area is 99.3 Å². The molecular weight excluding hydrogens is 222 g/mol. The molecule has 0 spiro atoms. The summed E-state index contributed by atoms with van der Waals surface area (Å²) in [5, 5.41) is 3.88. The molecule has 0 aliphatic carbocycles. The normalized spacial score (nSPS) is 10.1. The first kappa shape index (κ1) is 10.8. The Morgan fingerprint density at radius 2 is 2.06 bits per heavy atom. The van der Waals surface area contributed by atoms with Crippen LogP contribution in [0.25, 0.3) is 0 Å². The summed E-state index contributed by atoms with van der Waals surface area (Å²) >= 11 is 6.02. The van der Waals surface area contributed by atoms with E-state index in [1.807, 2.05) is 31.2 Å². The molecule has 82 valence electrons. The minimum absolute atomic E-state index is 0.646. The van der Waals surface area contributed by atoms with Crippen LogP contribution in [-0.4, -0.2) is 4.98 Å². The van der Waals surface area contributed by atoms with E-state index in [9.17, 15) is 0 Å². The Morgan fingerprint density at radius 3 is 2.69 bits per heavy atom. The Balaban J connectivity index is 2.20. The minimum atomic E-state index is 0.646. The zero-order chi connectivity index (χ0) is 11.5. The largest absolute Gasteiger partial charge is 0.397 e. The van der Waals surface area contributed by atoms with E-state index in [1.54, 1.807) is 12.3 Å². The lowest BCUT2D eigenvalue weighted by atomic mass is 10.2. The molecule has 0 radical (unpaired) electrons. The summed E-state index contributed by atoms with van der Waals surface area (Å²) in [6.45, 7) is 1.97.